The number of aliphatic hydroxyl groups is 2. The number of fused-ring (bicyclic) bond motifs is 1. The van der Waals surface area contributed by atoms with Crippen molar-refractivity contribution >= 4 is 23.9 Å². The quantitative estimate of drug-likeness (QED) is 0.394. The van der Waals surface area contributed by atoms with Crippen molar-refractivity contribution in [2.24, 2.45) is 11.3 Å². The van der Waals surface area contributed by atoms with E-state index in [1.807, 2.05) is 0 Å². The molecule has 4 unspecified atom stereocenters. The summed E-state index contributed by atoms with van der Waals surface area (Å²) in [6.07, 6.45) is -5.30. The van der Waals surface area contributed by atoms with Crippen molar-refractivity contribution in [1.82, 2.24) is 0 Å². The molecule has 1 aliphatic heterocycles. The Kier molecular flexibility index (Phi) is 7.33. The number of esters is 4. The molecule has 1 heterocycles. The molecule has 1 aromatic rings. The van der Waals surface area contributed by atoms with Gasteiger partial charge in [-0.15, -0.1) is 0 Å². The van der Waals surface area contributed by atoms with E-state index in [2.05, 4.69) is 0 Å². The normalized spacial score (nSPS) is 38.2. The first-order valence-electron chi connectivity index (χ1n) is 12.9. The summed E-state index contributed by atoms with van der Waals surface area (Å²) in [6, 6.07) is 8.12. The molecule has 0 amide bonds. The molecule has 2 N–H and O–H groups in total. The molecule has 1 aromatic carbocycles. The van der Waals surface area contributed by atoms with Gasteiger partial charge in [-0.05, 0) is 32.9 Å². The minimum Gasteiger partial charge on any atom is -0.465 e. The van der Waals surface area contributed by atoms with Crippen molar-refractivity contribution in [3.8, 4) is 0 Å². The third-order valence-corrected chi connectivity index (χ3v) is 8.35. The number of ether oxygens (including phenoxy) is 5. The molecule has 2 aliphatic carbocycles. The monoisotopic (exact) mass is 548 g/mol. The van der Waals surface area contributed by atoms with E-state index in [0.29, 0.717) is 0 Å². The molecule has 0 aromatic heterocycles. The SMILES string of the molecule is CC(=O)OC[C@]12CC(OC(C)=O)C[C@](C)(O)[C@]13OC(C)(C)[C@@H](C(OC(C)=O)C2OC(=O)c1ccccc1)C3O. The first-order chi connectivity index (χ1) is 18.1. The van der Waals surface area contributed by atoms with Crippen molar-refractivity contribution in [1.29, 1.82) is 0 Å². The van der Waals surface area contributed by atoms with Gasteiger partial charge in [0, 0.05) is 33.6 Å². The fourth-order valence-electron chi connectivity index (χ4n) is 7.23. The van der Waals surface area contributed by atoms with Crippen LogP contribution >= 0.6 is 0 Å². The van der Waals surface area contributed by atoms with Gasteiger partial charge in [-0.1, -0.05) is 18.2 Å². The summed E-state index contributed by atoms with van der Waals surface area (Å²) in [5.41, 5.74) is -6.47. The third-order valence-electron chi connectivity index (χ3n) is 8.35. The lowest BCUT2D eigenvalue weighted by atomic mass is 9.47. The van der Waals surface area contributed by atoms with Crippen LogP contribution < -0.4 is 0 Å². The van der Waals surface area contributed by atoms with Crippen LogP contribution in [0.4, 0.5) is 0 Å². The number of hydrogen-bond donors (Lipinski definition) is 2. The molecule has 2 bridgehead atoms. The van der Waals surface area contributed by atoms with E-state index in [9.17, 15) is 29.4 Å². The molecule has 8 atom stereocenters. The summed E-state index contributed by atoms with van der Waals surface area (Å²) in [6.45, 7) is 7.88. The van der Waals surface area contributed by atoms with Gasteiger partial charge in [-0.3, -0.25) is 14.4 Å². The summed E-state index contributed by atoms with van der Waals surface area (Å²) < 4.78 is 29.5. The highest BCUT2D eigenvalue weighted by Gasteiger charge is 2.84. The Hall–Kier alpha value is -3.02. The van der Waals surface area contributed by atoms with Crippen LogP contribution in [0.5, 0.6) is 0 Å². The highest BCUT2D eigenvalue weighted by molar-refractivity contribution is 5.89. The van der Waals surface area contributed by atoms with E-state index in [4.69, 9.17) is 23.7 Å². The second-order valence-electron chi connectivity index (χ2n) is 11.5. The largest absolute Gasteiger partial charge is 0.465 e. The number of carbonyl (C=O) groups is 4. The standard InChI is InChI=1S/C28H36O11/c1-15(29)35-14-27-13-19(36-16(2)30)12-26(6,34)28(27)22(32)20(25(4,5)39-28)21(37-17(3)31)23(27)38-24(33)18-10-8-7-9-11-18/h7-11,19-23,32,34H,12-14H2,1-6H3/t19?,20-,21?,22?,23?,26-,27-,28-/m0/s1. The van der Waals surface area contributed by atoms with E-state index in [1.165, 1.54) is 27.7 Å². The van der Waals surface area contributed by atoms with Crippen LogP contribution in [0.25, 0.3) is 0 Å². The molecule has 2 saturated carbocycles. The molecule has 3 fully saturated rings. The molecule has 1 spiro atoms. The first-order valence-corrected chi connectivity index (χ1v) is 12.9. The molecule has 39 heavy (non-hydrogen) atoms. The van der Waals surface area contributed by atoms with Crippen molar-refractivity contribution in [3.05, 3.63) is 35.9 Å². The Morgan fingerprint density at radius 1 is 0.923 bits per heavy atom. The number of aliphatic hydroxyl groups excluding tert-OH is 1. The van der Waals surface area contributed by atoms with Gasteiger partial charge in [0.2, 0.25) is 0 Å². The molecule has 11 nitrogen and oxygen atoms in total. The smallest absolute Gasteiger partial charge is 0.338 e. The summed E-state index contributed by atoms with van der Waals surface area (Å²) in [5.74, 6) is -3.72. The average Bonchev–Trinajstić information content (AvgIpc) is 3.00. The molecule has 214 valence electrons. The lowest BCUT2D eigenvalue weighted by Gasteiger charge is -2.64. The molecule has 1 saturated heterocycles. The predicted octanol–water partition coefficient (Wildman–Crippen LogP) is 1.71. The third kappa shape index (κ3) is 4.60. The highest BCUT2D eigenvalue weighted by Crippen LogP contribution is 2.68. The second kappa shape index (κ2) is 9.87. The van der Waals surface area contributed by atoms with Gasteiger partial charge >= 0.3 is 23.9 Å². The van der Waals surface area contributed by atoms with Crippen molar-refractivity contribution in [2.45, 2.75) is 95.6 Å². The summed E-state index contributed by atoms with van der Waals surface area (Å²) in [5, 5.41) is 24.0. The Bertz CT molecular complexity index is 1150. The fourth-order valence-corrected chi connectivity index (χ4v) is 7.23. The van der Waals surface area contributed by atoms with E-state index in [0.717, 1.165) is 0 Å². The topological polar surface area (TPSA) is 155 Å². The molecular formula is C28H36O11. The van der Waals surface area contributed by atoms with Crippen molar-refractivity contribution < 1.29 is 53.1 Å². The second-order valence-corrected chi connectivity index (χ2v) is 11.5. The highest BCUT2D eigenvalue weighted by atomic mass is 16.6. The first kappa shape index (κ1) is 29.0. The fraction of sp³-hybridized carbons (Fsp3) is 0.643. The van der Waals surface area contributed by atoms with Crippen LogP contribution in [0.3, 0.4) is 0 Å². The Morgan fingerprint density at radius 3 is 2.10 bits per heavy atom. The molecule has 3 aliphatic rings. The Balaban J connectivity index is 1.99. The van der Waals surface area contributed by atoms with Crippen LogP contribution in [-0.4, -0.2) is 81.9 Å². The average molecular weight is 549 g/mol. The summed E-state index contributed by atoms with van der Waals surface area (Å²) >= 11 is 0. The number of hydrogen-bond acceptors (Lipinski definition) is 11. The van der Waals surface area contributed by atoms with E-state index in [-0.39, 0.29) is 18.4 Å². The predicted molar refractivity (Wildman–Crippen MR) is 133 cm³/mol. The van der Waals surface area contributed by atoms with Gasteiger partial charge in [0.1, 0.15) is 24.4 Å². The minimum atomic E-state index is -1.88. The lowest BCUT2D eigenvalue weighted by Crippen LogP contribution is -2.81. The minimum absolute atomic E-state index is 0.119. The van der Waals surface area contributed by atoms with Crippen LogP contribution in [0.15, 0.2) is 30.3 Å². The van der Waals surface area contributed by atoms with Crippen LogP contribution in [0, 0.1) is 11.3 Å². The maximum atomic E-state index is 13.5. The number of carbonyl (C=O) groups excluding carboxylic acids is 4. The molecular weight excluding hydrogens is 512 g/mol. The van der Waals surface area contributed by atoms with Gasteiger partial charge < -0.3 is 33.9 Å². The number of rotatable bonds is 6. The zero-order valence-electron chi connectivity index (χ0n) is 23.0. The maximum Gasteiger partial charge on any atom is 0.338 e. The van der Waals surface area contributed by atoms with Gasteiger partial charge in [-0.25, -0.2) is 4.79 Å². The van der Waals surface area contributed by atoms with Crippen LogP contribution in [-0.2, 0) is 38.1 Å². The van der Waals surface area contributed by atoms with E-state index >= 15 is 0 Å². The van der Waals surface area contributed by atoms with Crippen molar-refractivity contribution in [2.75, 3.05) is 6.61 Å². The van der Waals surface area contributed by atoms with Crippen molar-refractivity contribution in [3.63, 3.8) is 0 Å². The molecule has 0 radical (unpaired) electrons. The maximum absolute atomic E-state index is 13.5. The van der Waals surface area contributed by atoms with E-state index in [1.54, 1.807) is 44.2 Å². The summed E-state index contributed by atoms with van der Waals surface area (Å²) in [4.78, 5) is 50.0. The van der Waals surface area contributed by atoms with Crippen LogP contribution in [0.2, 0.25) is 0 Å². The Labute approximate surface area is 226 Å². The Morgan fingerprint density at radius 2 is 1.54 bits per heavy atom. The lowest BCUT2D eigenvalue weighted by molar-refractivity contribution is -0.335. The van der Waals surface area contributed by atoms with Crippen LogP contribution in [0.1, 0.15) is 64.7 Å². The molecule has 11 heteroatoms. The summed E-state index contributed by atoms with van der Waals surface area (Å²) in [7, 11) is 0. The molecule has 4 rings (SSSR count). The van der Waals surface area contributed by atoms with Gasteiger partial charge in [0.15, 0.2) is 6.10 Å². The zero-order valence-corrected chi connectivity index (χ0v) is 23.0. The van der Waals surface area contributed by atoms with Gasteiger partial charge in [0.05, 0.1) is 34.2 Å². The van der Waals surface area contributed by atoms with E-state index < -0.39 is 83.0 Å². The zero-order chi connectivity index (χ0) is 29.0. The number of benzene rings is 1. The van der Waals surface area contributed by atoms with Gasteiger partial charge in [0.25, 0.3) is 0 Å². The van der Waals surface area contributed by atoms with Gasteiger partial charge in [-0.2, -0.15) is 0 Å².